The number of aryl methyl sites for hydroxylation is 2. The van der Waals surface area contributed by atoms with Crippen LogP contribution in [0.5, 0.6) is 0 Å². The molecule has 2 N–H and O–H groups in total. The topological polar surface area (TPSA) is 108 Å². The summed E-state index contributed by atoms with van der Waals surface area (Å²) in [6.45, 7) is 3.57. The van der Waals surface area contributed by atoms with Gasteiger partial charge in [-0.2, -0.15) is 0 Å². The van der Waals surface area contributed by atoms with Gasteiger partial charge in [-0.3, -0.25) is 9.59 Å². The number of anilines is 1. The van der Waals surface area contributed by atoms with E-state index in [-0.39, 0.29) is 37.0 Å². The quantitative estimate of drug-likeness (QED) is 0.621. The molecular formula is C27H29ClN4O5. The molecule has 3 atom stereocenters. The molecule has 194 valence electrons. The Bertz CT molecular complexity index is 1310. The molecule has 5 rings (SSSR count). The van der Waals surface area contributed by atoms with Crippen molar-refractivity contribution in [3.63, 3.8) is 0 Å². The molecule has 3 aliphatic rings. The van der Waals surface area contributed by atoms with Crippen molar-refractivity contribution in [3.05, 3.63) is 63.7 Å². The van der Waals surface area contributed by atoms with Crippen LogP contribution in [0.3, 0.4) is 0 Å². The number of imide groups is 1. The van der Waals surface area contributed by atoms with E-state index in [1.165, 1.54) is 7.05 Å². The lowest BCUT2D eigenvalue weighted by Gasteiger charge is -2.31. The van der Waals surface area contributed by atoms with Crippen LogP contribution in [0.1, 0.15) is 54.5 Å². The maximum absolute atomic E-state index is 13.6. The van der Waals surface area contributed by atoms with Crippen molar-refractivity contribution in [3.8, 4) is 0 Å². The number of nitrogens with zero attached hydrogens (tertiary/aromatic N) is 2. The maximum Gasteiger partial charge on any atom is 0.418 e. The molecule has 2 fully saturated rings. The zero-order valence-electron chi connectivity index (χ0n) is 21.0. The first-order valence-electron chi connectivity index (χ1n) is 12.4. The van der Waals surface area contributed by atoms with Crippen LogP contribution in [-0.2, 0) is 26.3 Å². The van der Waals surface area contributed by atoms with Crippen molar-refractivity contribution in [2.45, 2.75) is 57.2 Å². The Morgan fingerprint density at radius 1 is 1.16 bits per heavy atom. The number of nitrogens with one attached hydrogen (secondary N) is 2. The summed E-state index contributed by atoms with van der Waals surface area (Å²) in [5.41, 5.74) is 2.54. The van der Waals surface area contributed by atoms with Crippen LogP contribution in [0, 0.1) is 6.92 Å². The number of urea groups is 1. The summed E-state index contributed by atoms with van der Waals surface area (Å²) in [7, 11) is 1.52. The lowest BCUT2D eigenvalue weighted by Crippen LogP contribution is -2.46. The van der Waals surface area contributed by atoms with Gasteiger partial charge in [0.25, 0.3) is 5.91 Å². The van der Waals surface area contributed by atoms with Gasteiger partial charge in [-0.25, -0.2) is 14.5 Å². The zero-order chi connectivity index (χ0) is 26.5. The van der Waals surface area contributed by atoms with Crippen molar-refractivity contribution < 1.29 is 23.9 Å². The first-order chi connectivity index (χ1) is 17.6. The Kier molecular flexibility index (Phi) is 6.35. The molecule has 10 heteroatoms. The van der Waals surface area contributed by atoms with Gasteiger partial charge in [0, 0.05) is 35.8 Å². The summed E-state index contributed by atoms with van der Waals surface area (Å²) >= 11 is 6.13. The van der Waals surface area contributed by atoms with Crippen molar-refractivity contribution in [2.24, 2.45) is 0 Å². The van der Waals surface area contributed by atoms with E-state index in [0.29, 0.717) is 22.7 Å². The minimum absolute atomic E-state index is 0.0336. The van der Waals surface area contributed by atoms with Gasteiger partial charge in [-0.05, 0) is 74.1 Å². The highest BCUT2D eigenvalue weighted by Gasteiger charge is 2.58. The third kappa shape index (κ3) is 4.21. The van der Waals surface area contributed by atoms with Gasteiger partial charge in [0.05, 0.1) is 6.04 Å². The first-order valence-corrected chi connectivity index (χ1v) is 12.8. The number of amides is 5. The lowest BCUT2D eigenvalue weighted by molar-refractivity contribution is -0.143. The fraction of sp³-hybridized carbons (Fsp3) is 0.407. The highest BCUT2D eigenvalue weighted by atomic mass is 35.5. The van der Waals surface area contributed by atoms with Gasteiger partial charge in [0.1, 0.15) is 6.54 Å². The van der Waals surface area contributed by atoms with Gasteiger partial charge < -0.3 is 20.3 Å². The summed E-state index contributed by atoms with van der Waals surface area (Å²) < 4.78 is 5.69. The molecule has 2 aromatic carbocycles. The first kappa shape index (κ1) is 25.1. The van der Waals surface area contributed by atoms with E-state index >= 15 is 0 Å². The molecule has 2 heterocycles. The molecular weight excluding hydrogens is 496 g/mol. The highest BCUT2D eigenvalue weighted by Crippen LogP contribution is 2.46. The van der Waals surface area contributed by atoms with Crippen LogP contribution in [0.15, 0.2) is 36.4 Å². The number of benzene rings is 2. The molecule has 2 aliphatic heterocycles. The normalized spacial score (nSPS) is 24.4. The molecule has 1 spiro atoms. The molecule has 5 amide bonds. The average Bonchev–Trinajstić information content (AvgIpc) is 3.49. The van der Waals surface area contributed by atoms with Gasteiger partial charge in [-0.1, -0.05) is 23.7 Å². The van der Waals surface area contributed by atoms with E-state index in [4.69, 9.17) is 16.3 Å². The van der Waals surface area contributed by atoms with Crippen LogP contribution in [0.4, 0.5) is 15.3 Å². The van der Waals surface area contributed by atoms with E-state index in [9.17, 15) is 19.2 Å². The van der Waals surface area contributed by atoms with Crippen LogP contribution < -0.4 is 10.6 Å². The number of halogens is 1. The molecule has 2 aromatic rings. The van der Waals surface area contributed by atoms with E-state index in [1.54, 1.807) is 23.1 Å². The number of carbonyl (C=O) groups is 4. The predicted octanol–water partition coefficient (Wildman–Crippen LogP) is 4.27. The smallest absolute Gasteiger partial charge is 0.418 e. The largest absolute Gasteiger partial charge is 0.427 e. The number of hydrogen-bond donors (Lipinski definition) is 2. The molecule has 3 unspecified atom stereocenters. The van der Waals surface area contributed by atoms with E-state index in [0.717, 1.165) is 34.4 Å². The minimum Gasteiger partial charge on any atom is -0.427 e. The zero-order valence-corrected chi connectivity index (χ0v) is 21.7. The molecule has 9 nitrogen and oxygen atoms in total. The highest BCUT2D eigenvalue weighted by molar-refractivity contribution is 6.30. The van der Waals surface area contributed by atoms with Crippen LogP contribution in [-0.4, -0.2) is 53.4 Å². The number of rotatable bonds is 4. The van der Waals surface area contributed by atoms with E-state index < -0.39 is 17.6 Å². The molecule has 0 aromatic heterocycles. The summed E-state index contributed by atoms with van der Waals surface area (Å²) in [5, 5.41) is 5.83. The Balaban J connectivity index is 1.36. The van der Waals surface area contributed by atoms with E-state index in [2.05, 4.69) is 10.6 Å². The van der Waals surface area contributed by atoms with Crippen molar-refractivity contribution in [1.29, 1.82) is 0 Å². The Labute approximate surface area is 220 Å². The fourth-order valence-electron chi connectivity index (χ4n) is 5.86. The lowest BCUT2D eigenvalue weighted by atomic mass is 9.94. The van der Waals surface area contributed by atoms with Gasteiger partial charge >= 0.3 is 12.1 Å². The molecule has 1 aliphatic carbocycles. The van der Waals surface area contributed by atoms with Gasteiger partial charge in [0.15, 0.2) is 0 Å². The van der Waals surface area contributed by atoms with Crippen molar-refractivity contribution in [1.82, 2.24) is 15.1 Å². The van der Waals surface area contributed by atoms with E-state index in [1.807, 2.05) is 32.0 Å². The average molecular weight is 525 g/mol. The number of ether oxygens (including phenoxy) is 1. The third-order valence-corrected chi connectivity index (χ3v) is 7.92. The number of hydrogen-bond acceptors (Lipinski definition) is 5. The summed E-state index contributed by atoms with van der Waals surface area (Å²) in [5.74, 6) is -0.822. The molecule has 0 bridgehead atoms. The number of fused-ring (bicyclic) bond motifs is 2. The van der Waals surface area contributed by atoms with Gasteiger partial charge in [-0.15, -0.1) is 0 Å². The standard InChI is InChI=1S/C27H29ClN4O5/c1-15-12-18(28)5-7-20(15)22-9-4-16(2)32(22)23(33)14-31-24(34)27(37-26(31)36)11-10-17-13-19(6-8-21(17)27)30-25(35)29-3/h5-8,12-13,16,22H,4,9-11,14H2,1-3H3,(H2,29,30,35). The Morgan fingerprint density at radius 3 is 2.68 bits per heavy atom. The second kappa shape index (κ2) is 9.37. The number of carbonyl (C=O) groups excluding carboxylic acids is 4. The van der Waals surface area contributed by atoms with Gasteiger partial charge in [0.2, 0.25) is 11.5 Å². The van der Waals surface area contributed by atoms with Crippen LogP contribution in [0.25, 0.3) is 0 Å². The second-order valence-corrected chi connectivity index (χ2v) is 10.3. The van der Waals surface area contributed by atoms with Crippen molar-refractivity contribution in [2.75, 3.05) is 18.9 Å². The SMILES string of the molecule is CNC(=O)Nc1ccc2c(c1)CCC21OC(=O)N(CC(=O)N2C(C)CCC2c2ccc(Cl)cc2C)C1=O. The minimum atomic E-state index is -1.44. The summed E-state index contributed by atoms with van der Waals surface area (Å²) in [6.07, 6.45) is 1.58. The van der Waals surface area contributed by atoms with Crippen LogP contribution >= 0.6 is 11.6 Å². The van der Waals surface area contributed by atoms with Crippen LogP contribution in [0.2, 0.25) is 5.02 Å². The molecule has 2 saturated heterocycles. The Hall–Kier alpha value is -3.59. The van der Waals surface area contributed by atoms with Crippen molar-refractivity contribution >= 4 is 41.2 Å². The third-order valence-electron chi connectivity index (χ3n) is 7.68. The summed E-state index contributed by atoms with van der Waals surface area (Å²) in [4.78, 5) is 54.4. The summed E-state index contributed by atoms with van der Waals surface area (Å²) in [6, 6.07) is 10.2. The molecule has 0 saturated carbocycles. The fourth-order valence-corrected chi connectivity index (χ4v) is 6.09. The number of likely N-dealkylation sites (tertiary alicyclic amines) is 1. The Morgan fingerprint density at radius 2 is 1.95 bits per heavy atom. The second-order valence-electron chi connectivity index (χ2n) is 9.91. The maximum atomic E-state index is 13.6. The molecule has 37 heavy (non-hydrogen) atoms. The predicted molar refractivity (Wildman–Crippen MR) is 137 cm³/mol. The molecule has 0 radical (unpaired) electrons. The monoisotopic (exact) mass is 524 g/mol.